The Kier molecular flexibility index (Phi) is 5.87. The number of benzene rings is 1. The van der Waals surface area contributed by atoms with Gasteiger partial charge >= 0.3 is 0 Å². The first-order chi connectivity index (χ1) is 8.65. The third-order valence-electron chi connectivity index (χ3n) is 2.16. The molecule has 0 aliphatic heterocycles. The van der Waals surface area contributed by atoms with E-state index in [-0.39, 0.29) is 11.6 Å². The van der Waals surface area contributed by atoms with Crippen LogP contribution in [0.5, 0.6) is 0 Å². The maximum atomic E-state index is 11.4. The van der Waals surface area contributed by atoms with E-state index in [0.717, 1.165) is 0 Å². The molecule has 18 heavy (non-hydrogen) atoms. The van der Waals surface area contributed by atoms with Crippen molar-refractivity contribution in [2.24, 2.45) is 0 Å². The zero-order valence-electron chi connectivity index (χ0n) is 9.64. The van der Waals surface area contributed by atoms with Gasteiger partial charge in [0.1, 0.15) is 0 Å². The molecule has 0 fully saturated rings. The Bertz CT molecular complexity index is 460. The van der Waals surface area contributed by atoms with Gasteiger partial charge in [0.25, 0.3) is 5.69 Å². The zero-order chi connectivity index (χ0) is 13.4. The first-order valence-corrected chi connectivity index (χ1v) is 5.94. The minimum atomic E-state index is -0.481. The summed E-state index contributed by atoms with van der Waals surface area (Å²) in [7, 11) is 0. The van der Waals surface area contributed by atoms with Gasteiger partial charge < -0.3 is 5.32 Å². The maximum absolute atomic E-state index is 11.4. The van der Waals surface area contributed by atoms with Crippen LogP contribution in [0, 0.1) is 10.1 Å². The SMILES string of the molecule is O=C(C=Cc1ccccc1[N+](=O)[O-])NCCCCl. The fourth-order valence-corrected chi connectivity index (χ4v) is 1.43. The number of halogens is 1. The molecule has 0 radical (unpaired) electrons. The smallest absolute Gasteiger partial charge is 0.276 e. The van der Waals surface area contributed by atoms with Crippen LogP contribution in [-0.4, -0.2) is 23.3 Å². The number of nitrogens with zero attached hydrogens (tertiary/aromatic N) is 1. The van der Waals surface area contributed by atoms with Crippen molar-refractivity contribution in [1.82, 2.24) is 5.32 Å². The highest BCUT2D eigenvalue weighted by Gasteiger charge is 2.09. The molecule has 1 rings (SSSR count). The molecular formula is C12H13ClN2O3. The predicted octanol–water partition coefficient (Wildman–Crippen LogP) is 2.35. The van der Waals surface area contributed by atoms with Crippen LogP contribution >= 0.6 is 11.6 Å². The molecule has 0 unspecified atom stereocenters. The van der Waals surface area contributed by atoms with Crippen molar-refractivity contribution in [1.29, 1.82) is 0 Å². The van der Waals surface area contributed by atoms with Gasteiger partial charge in [-0.1, -0.05) is 12.1 Å². The topological polar surface area (TPSA) is 72.2 Å². The Balaban J connectivity index is 2.66. The number of hydrogen-bond acceptors (Lipinski definition) is 3. The van der Waals surface area contributed by atoms with Crippen LogP contribution in [0.4, 0.5) is 5.69 Å². The maximum Gasteiger partial charge on any atom is 0.276 e. The first-order valence-electron chi connectivity index (χ1n) is 5.40. The molecule has 6 heteroatoms. The Morgan fingerprint density at radius 2 is 2.17 bits per heavy atom. The van der Waals surface area contributed by atoms with E-state index in [4.69, 9.17) is 11.6 Å². The number of hydrogen-bond donors (Lipinski definition) is 1. The van der Waals surface area contributed by atoms with Gasteiger partial charge in [-0.3, -0.25) is 14.9 Å². The van der Waals surface area contributed by atoms with Gasteiger partial charge in [-0.05, 0) is 18.6 Å². The molecule has 0 bridgehead atoms. The normalized spacial score (nSPS) is 10.5. The molecule has 1 aromatic rings. The van der Waals surface area contributed by atoms with E-state index in [0.29, 0.717) is 24.4 Å². The van der Waals surface area contributed by atoms with Crippen molar-refractivity contribution < 1.29 is 9.72 Å². The highest BCUT2D eigenvalue weighted by Crippen LogP contribution is 2.18. The summed E-state index contributed by atoms with van der Waals surface area (Å²) in [5.41, 5.74) is 0.373. The Hall–Kier alpha value is -1.88. The number of nitro benzene ring substituents is 1. The van der Waals surface area contributed by atoms with Crippen molar-refractivity contribution >= 4 is 29.3 Å². The van der Waals surface area contributed by atoms with Crippen LogP contribution in [-0.2, 0) is 4.79 Å². The van der Waals surface area contributed by atoms with E-state index in [1.54, 1.807) is 18.2 Å². The zero-order valence-corrected chi connectivity index (χ0v) is 10.4. The largest absolute Gasteiger partial charge is 0.353 e. The van der Waals surface area contributed by atoms with Crippen LogP contribution in [0.1, 0.15) is 12.0 Å². The van der Waals surface area contributed by atoms with E-state index in [1.165, 1.54) is 18.2 Å². The lowest BCUT2D eigenvalue weighted by molar-refractivity contribution is -0.385. The summed E-state index contributed by atoms with van der Waals surface area (Å²) in [6, 6.07) is 6.24. The number of para-hydroxylation sites is 1. The second-order valence-electron chi connectivity index (χ2n) is 3.48. The first kappa shape index (κ1) is 14.2. The molecule has 96 valence electrons. The third kappa shape index (κ3) is 4.55. The molecule has 1 aromatic carbocycles. The van der Waals surface area contributed by atoms with Crippen LogP contribution in [0.25, 0.3) is 6.08 Å². The summed E-state index contributed by atoms with van der Waals surface area (Å²) >= 11 is 5.47. The number of nitrogens with one attached hydrogen (secondary N) is 1. The average molecular weight is 269 g/mol. The number of amides is 1. The molecule has 0 aliphatic rings. The minimum absolute atomic E-state index is 0.0256. The van der Waals surface area contributed by atoms with Gasteiger partial charge in [0, 0.05) is 24.6 Å². The van der Waals surface area contributed by atoms with Crippen LogP contribution in [0.15, 0.2) is 30.3 Å². The fraction of sp³-hybridized carbons (Fsp3) is 0.250. The monoisotopic (exact) mass is 268 g/mol. The van der Waals surface area contributed by atoms with Crippen LogP contribution < -0.4 is 5.32 Å². The summed E-state index contributed by atoms with van der Waals surface area (Å²) in [5, 5.41) is 13.4. The molecule has 0 atom stereocenters. The molecule has 0 saturated heterocycles. The average Bonchev–Trinajstić information content (AvgIpc) is 2.37. The second kappa shape index (κ2) is 7.45. The number of carbonyl (C=O) groups excluding carboxylic acids is 1. The molecule has 0 heterocycles. The van der Waals surface area contributed by atoms with E-state index in [9.17, 15) is 14.9 Å². The molecule has 0 aliphatic carbocycles. The summed E-state index contributed by atoms with van der Waals surface area (Å²) in [6.45, 7) is 0.490. The highest BCUT2D eigenvalue weighted by atomic mass is 35.5. The van der Waals surface area contributed by atoms with E-state index in [2.05, 4.69) is 5.32 Å². The minimum Gasteiger partial charge on any atom is -0.353 e. The molecule has 0 aromatic heterocycles. The van der Waals surface area contributed by atoms with Gasteiger partial charge in [0.15, 0.2) is 0 Å². The summed E-state index contributed by atoms with van der Waals surface area (Å²) in [5.74, 6) is 0.187. The third-order valence-corrected chi connectivity index (χ3v) is 2.42. The highest BCUT2D eigenvalue weighted by molar-refractivity contribution is 6.17. The quantitative estimate of drug-likeness (QED) is 0.283. The van der Waals surface area contributed by atoms with Crippen molar-refractivity contribution in [3.63, 3.8) is 0 Å². The number of nitro groups is 1. The molecular weight excluding hydrogens is 256 g/mol. The standard InChI is InChI=1S/C12H13ClN2O3/c13-8-3-9-14-12(16)7-6-10-4-1-2-5-11(10)15(17)18/h1-2,4-7H,3,8-9H2,(H,14,16). The summed E-state index contributed by atoms with van der Waals surface area (Å²) in [4.78, 5) is 21.6. The lowest BCUT2D eigenvalue weighted by atomic mass is 10.1. The number of rotatable bonds is 6. The van der Waals surface area contributed by atoms with Gasteiger partial charge in [0.05, 0.1) is 10.5 Å². The number of carbonyl (C=O) groups is 1. The van der Waals surface area contributed by atoms with Crippen molar-refractivity contribution in [2.45, 2.75) is 6.42 Å². The van der Waals surface area contributed by atoms with Gasteiger partial charge in [-0.15, -0.1) is 11.6 Å². The van der Waals surface area contributed by atoms with Gasteiger partial charge in [-0.2, -0.15) is 0 Å². The Labute approximate surface area is 110 Å². The summed E-state index contributed by atoms with van der Waals surface area (Å²) in [6.07, 6.45) is 3.39. The van der Waals surface area contributed by atoms with Crippen LogP contribution in [0.2, 0.25) is 0 Å². The molecule has 0 saturated carbocycles. The van der Waals surface area contributed by atoms with E-state index in [1.807, 2.05) is 0 Å². The Morgan fingerprint density at radius 1 is 1.44 bits per heavy atom. The van der Waals surface area contributed by atoms with Gasteiger partial charge in [-0.25, -0.2) is 0 Å². The molecule has 1 N–H and O–H groups in total. The molecule has 1 amide bonds. The van der Waals surface area contributed by atoms with Crippen LogP contribution in [0.3, 0.4) is 0 Å². The van der Waals surface area contributed by atoms with E-state index < -0.39 is 4.92 Å². The lowest BCUT2D eigenvalue weighted by Crippen LogP contribution is -2.22. The second-order valence-corrected chi connectivity index (χ2v) is 3.86. The Morgan fingerprint density at radius 3 is 2.83 bits per heavy atom. The number of alkyl halides is 1. The molecule has 5 nitrogen and oxygen atoms in total. The van der Waals surface area contributed by atoms with Gasteiger partial charge in [0.2, 0.25) is 5.91 Å². The van der Waals surface area contributed by atoms with Crippen molar-refractivity contribution in [3.8, 4) is 0 Å². The van der Waals surface area contributed by atoms with Crippen molar-refractivity contribution in [2.75, 3.05) is 12.4 Å². The predicted molar refractivity (Wildman–Crippen MR) is 70.5 cm³/mol. The van der Waals surface area contributed by atoms with Crippen molar-refractivity contribution in [3.05, 3.63) is 46.0 Å². The van der Waals surface area contributed by atoms with E-state index >= 15 is 0 Å². The molecule has 0 spiro atoms. The fourth-order valence-electron chi connectivity index (χ4n) is 1.30. The lowest BCUT2D eigenvalue weighted by Gasteiger charge is -1.99. The summed E-state index contributed by atoms with van der Waals surface area (Å²) < 4.78 is 0.